The molecule has 2 heterocycles. The summed E-state index contributed by atoms with van der Waals surface area (Å²) in [5, 5.41) is 3.32. The highest BCUT2D eigenvalue weighted by Gasteiger charge is 2.23. The van der Waals surface area contributed by atoms with Crippen molar-refractivity contribution in [3.63, 3.8) is 0 Å². The third-order valence-electron chi connectivity index (χ3n) is 3.98. The lowest BCUT2D eigenvalue weighted by atomic mass is 10.0. The topological polar surface area (TPSA) is 61.4 Å². The van der Waals surface area contributed by atoms with Crippen molar-refractivity contribution in [3.05, 3.63) is 18.0 Å². The van der Waals surface area contributed by atoms with Gasteiger partial charge in [0.05, 0.1) is 6.04 Å². The summed E-state index contributed by atoms with van der Waals surface area (Å²) >= 11 is 0. The molecule has 0 radical (unpaired) electrons. The first kappa shape index (κ1) is 16.7. The Morgan fingerprint density at radius 2 is 1.86 bits per heavy atom. The Bertz CT molecular complexity index is 480. The van der Waals surface area contributed by atoms with Crippen LogP contribution in [0.3, 0.4) is 0 Å². The second-order valence-electron chi connectivity index (χ2n) is 6.42. The molecule has 22 heavy (non-hydrogen) atoms. The highest BCUT2D eigenvalue weighted by atomic mass is 16.2. The van der Waals surface area contributed by atoms with Gasteiger partial charge in [-0.3, -0.25) is 4.79 Å². The molecule has 1 aromatic heterocycles. The van der Waals surface area contributed by atoms with Crippen molar-refractivity contribution in [1.82, 2.24) is 20.2 Å². The van der Waals surface area contributed by atoms with E-state index in [1.54, 1.807) is 19.0 Å². The molecule has 6 nitrogen and oxygen atoms in total. The van der Waals surface area contributed by atoms with E-state index < -0.39 is 0 Å². The maximum absolute atomic E-state index is 12.2. The third kappa shape index (κ3) is 4.16. The first-order chi connectivity index (χ1) is 10.5. The fraction of sp³-hybridized carbons (Fsp3) is 0.688. The van der Waals surface area contributed by atoms with Crippen LogP contribution in [0.15, 0.2) is 12.4 Å². The summed E-state index contributed by atoms with van der Waals surface area (Å²) in [4.78, 5) is 24.9. The van der Waals surface area contributed by atoms with Crippen LogP contribution in [0.25, 0.3) is 0 Å². The Balaban J connectivity index is 1.93. The largest absolute Gasteiger partial charge is 0.347 e. The number of carbonyl (C=O) groups excluding carboxylic acids is 1. The van der Waals surface area contributed by atoms with Gasteiger partial charge in [-0.25, -0.2) is 9.97 Å². The molecular weight excluding hydrogens is 278 g/mol. The molecule has 0 bridgehead atoms. The van der Waals surface area contributed by atoms with Gasteiger partial charge in [0.15, 0.2) is 0 Å². The fourth-order valence-corrected chi connectivity index (χ4v) is 2.63. The summed E-state index contributed by atoms with van der Waals surface area (Å²) in [7, 11) is 3.57. The van der Waals surface area contributed by atoms with E-state index in [0.29, 0.717) is 6.54 Å². The minimum Gasteiger partial charge on any atom is -0.347 e. The van der Waals surface area contributed by atoms with Crippen molar-refractivity contribution < 1.29 is 4.79 Å². The first-order valence-electron chi connectivity index (χ1n) is 7.99. The lowest BCUT2D eigenvalue weighted by Crippen LogP contribution is -2.46. The van der Waals surface area contributed by atoms with Crippen LogP contribution in [0.5, 0.6) is 0 Å². The molecule has 0 aromatic carbocycles. The third-order valence-corrected chi connectivity index (χ3v) is 3.98. The lowest BCUT2D eigenvalue weighted by Gasteiger charge is -2.24. The number of anilines is 1. The van der Waals surface area contributed by atoms with Crippen LogP contribution in [0.2, 0.25) is 0 Å². The molecule has 0 aliphatic carbocycles. The Kier molecular flexibility index (Phi) is 5.71. The molecule has 1 aromatic rings. The average molecular weight is 305 g/mol. The van der Waals surface area contributed by atoms with Crippen LogP contribution in [0.4, 0.5) is 5.95 Å². The Labute approximate surface area is 132 Å². The van der Waals surface area contributed by atoms with Gasteiger partial charge < -0.3 is 15.1 Å². The number of likely N-dealkylation sites (N-methyl/N-ethyl adjacent to an activating group) is 1. The van der Waals surface area contributed by atoms with Gasteiger partial charge in [0.2, 0.25) is 11.9 Å². The van der Waals surface area contributed by atoms with Gasteiger partial charge in [0.25, 0.3) is 0 Å². The molecule has 1 aliphatic rings. The summed E-state index contributed by atoms with van der Waals surface area (Å²) in [6.45, 7) is 6.79. The monoisotopic (exact) mass is 305 g/mol. The van der Waals surface area contributed by atoms with E-state index in [2.05, 4.69) is 20.2 Å². The molecule has 1 saturated heterocycles. The van der Waals surface area contributed by atoms with Crippen molar-refractivity contribution in [1.29, 1.82) is 0 Å². The maximum atomic E-state index is 12.2. The maximum Gasteiger partial charge on any atom is 0.239 e. The predicted molar refractivity (Wildman–Crippen MR) is 87.6 cm³/mol. The van der Waals surface area contributed by atoms with Crippen LogP contribution in [0.1, 0.15) is 32.3 Å². The van der Waals surface area contributed by atoms with Gasteiger partial charge in [-0.15, -0.1) is 0 Å². The fourth-order valence-electron chi connectivity index (χ4n) is 2.63. The second kappa shape index (κ2) is 7.54. The Morgan fingerprint density at radius 1 is 1.27 bits per heavy atom. The van der Waals surface area contributed by atoms with Gasteiger partial charge >= 0.3 is 0 Å². The number of amides is 1. The van der Waals surface area contributed by atoms with Gasteiger partial charge in [0, 0.05) is 51.7 Å². The molecule has 2 rings (SSSR count). The highest BCUT2D eigenvalue weighted by Crippen LogP contribution is 2.15. The lowest BCUT2D eigenvalue weighted by molar-refractivity contribution is -0.132. The van der Waals surface area contributed by atoms with Crippen molar-refractivity contribution in [2.75, 3.05) is 32.1 Å². The summed E-state index contributed by atoms with van der Waals surface area (Å²) < 4.78 is 0. The zero-order valence-corrected chi connectivity index (χ0v) is 14.0. The molecule has 1 atom stereocenters. The quantitative estimate of drug-likeness (QED) is 0.858. The Morgan fingerprint density at radius 3 is 2.36 bits per heavy atom. The molecule has 6 heteroatoms. The van der Waals surface area contributed by atoms with Crippen molar-refractivity contribution >= 4 is 11.9 Å². The van der Waals surface area contributed by atoms with E-state index >= 15 is 0 Å². The zero-order valence-electron chi connectivity index (χ0n) is 14.0. The number of carbonyl (C=O) groups is 1. The van der Waals surface area contributed by atoms with Crippen LogP contribution in [-0.2, 0) is 11.3 Å². The molecule has 0 saturated carbocycles. The van der Waals surface area contributed by atoms with E-state index in [1.807, 2.05) is 26.2 Å². The SMILES string of the molecule is CC(C)[C@H](NCc1cnc(N2CCCC2)nc1)C(=O)N(C)C. The number of nitrogens with zero attached hydrogens (tertiary/aromatic N) is 4. The van der Waals surface area contributed by atoms with Gasteiger partial charge in [0.1, 0.15) is 0 Å². The predicted octanol–water partition coefficient (Wildman–Crippen LogP) is 1.28. The molecular formula is C16H27N5O. The summed E-state index contributed by atoms with van der Waals surface area (Å²) in [5.41, 5.74) is 1.00. The average Bonchev–Trinajstić information content (AvgIpc) is 3.01. The van der Waals surface area contributed by atoms with Crippen LogP contribution >= 0.6 is 0 Å². The highest BCUT2D eigenvalue weighted by molar-refractivity contribution is 5.81. The van der Waals surface area contributed by atoms with Crippen LogP contribution in [0, 0.1) is 5.92 Å². The van der Waals surface area contributed by atoms with Crippen molar-refractivity contribution in [3.8, 4) is 0 Å². The number of rotatable bonds is 6. The van der Waals surface area contributed by atoms with E-state index in [1.165, 1.54) is 12.8 Å². The second-order valence-corrected chi connectivity index (χ2v) is 6.42. The Hall–Kier alpha value is -1.69. The first-order valence-corrected chi connectivity index (χ1v) is 7.99. The zero-order chi connectivity index (χ0) is 16.1. The van der Waals surface area contributed by atoms with E-state index in [-0.39, 0.29) is 17.9 Å². The number of hydrogen-bond acceptors (Lipinski definition) is 5. The van der Waals surface area contributed by atoms with Gasteiger partial charge in [-0.2, -0.15) is 0 Å². The standard InChI is InChI=1S/C16H27N5O/c1-12(2)14(15(22)20(3)4)17-9-13-10-18-16(19-11-13)21-7-5-6-8-21/h10-12,14,17H,5-9H2,1-4H3/t14-/m0/s1. The summed E-state index contributed by atoms with van der Waals surface area (Å²) in [5.74, 6) is 1.15. The van der Waals surface area contributed by atoms with E-state index in [0.717, 1.165) is 24.6 Å². The van der Waals surface area contributed by atoms with Crippen molar-refractivity contribution in [2.24, 2.45) is 5.92 Å². The van der Waals surface area contributed by atoms with Gasteiger partial charge in [-0.1, -0.05) is 13.8 Å². The number of aromatic nitrogens is 2. The minimum atomic E-state index is -0.187. The van der Waals surface area contributed by atoms with E-state index in [4.69, 9.17) is 0 Å². The summed E-state index contributed by atoms with van der Waals surface area (Å²) in [6.07, 6.45) is 6.14. The molecule has 1 fully saturated rings. The molecule has 1 N–H and O–H groups in total. The molecule has 1 amide bonds. The normalized spacial score (nSPS) is 16.1. The number of nitrogens with one attached hydrogen (secondary N) is 1. The van der Waals surface area contributed by atoms with Crippen molar-refractivity contribution in [2.45, 2.75) is 39.3 Å². The minimum absolute atomic E-state index is 0.101. The molecule has 0 spiro atoms. The van der Waals surface area contributed by atoms with Crippen LogP contribution in [-0.4, -0.2) is 54.0 Å². The molecule has 122 valence electrons. The van der Waals surface area contributed by atoms with Crippen LogP contribution < -0.4 is 10.2 Å². The smallest absolute Gasteiger partial charge is 0.239 e. The van der Waals surface area contributed by atoms with Gasteiger partial charge in [-0.05, 0) is 18.8 Å². The van der Waals surface area contributed by atoms with E-state index in [9.17, 15) is 4.79 Å². The molecule has 0 unspecified atom stereocenters. The number of hydrogen-bond donors (Lipinski definition) is 1. The summed E-state index contributed by atoms with van der Waals surface area (Å²) in [6, 6.07) is -0.187. The molecule has 1 aliphatic heterocycles.